The second-order valence-corrected chi connectivity index (χ2v) is 11.7. The van der Waals surface area contributed by atoms with Gasteiger partial charge < -0.3 is 0 Å². The normalized spacial score (nSPS) is 11.9. The van der Waals surface area contributed by atoms with Gasteiger partial charge >= 0.3 is 0 Å². The number of nitrogens with zero attached hydrogens (tertiary/aromatic N) is 2. The van der Waals surface area contributed by atoms with Crippen molar-refractivity contribution in [3.05, 3.63) is 108 Å². The van der Waals surface area contributed by atoms with Crippen LogP contribution in [-0.4, -0.2) is 11.9 Å². The lowest BCUT2D eigenvalue weighted by Crippen LogP contribution is -1.97. The minimum atomic E-state index is 0.902. The van der Waals surface area contributed by atoms with Crippen molar-refractivity contribution in [2.24, 2.45) is 9.98 Å². The van der Waals surface area contributed by atoms with E-state index in [1.807, 2.05) is 6.21 Å². The molecule has 0 aliphatic carbocycles. The lowest BCUT2D eigenvalue weighted by atomic mass is 9.88. The molecule has 4 aromatic carbocycles. The van der Waals surface area contributed by atoms with Crippen molar-refractivity contribution in [1.82, 2.24) is 0 Å². The fraction of sp³-hybridized carbons (Fsp3) is 0.366. The standard InChI is InChI=1S/C41H50N2/c1-5-8-10-11-12-19-25-39-40(35-21-15-13-16-22-35)29-38(30-41(39)36-23-17-14-18-24-36)43-32(4)31-42-37-27-33(7-3)26-34(28-37)20-9-6-2/h13-18,21-24,26-31H,5-12,19-20,25H2,1-4H3. The number of hydrogen-bond acceptors (Lipinski definition) is 2. The molecule has 0 aliphatic rings. The number of benzene rings is 4. The van der Waals surface area contributed by atoms with Crippen LogP contribution in [0.4, 0.5) is 11.4 Å². The summed E-state index contributed by atoms with van der Waals surface area (Å²) in [6.45, 7) is 8.80. The molecule has 0 bridgehead atoms. The summed E-state index contributed by atoms with van der Waals surface area (Å²) in [6.07, 6.45) is 15.3. The van der Waals surface area contributed by atoms with E-state index in [1.165, 1.54) is 90.3 Å². The van der Waals surface area contributed by atoms with Gasteiger partial charge in [0, 0.05) is 6.21 Å². The predicted octanol–water partition coefficient (Wildman–Crippen LogP) is 12.3. The smallest absolute Gasteiger partial charge is 0.0646 e. The summed E-state index contributed by atoms with van der Waals surface area (Å²) in [5.74, 6) is 0. The summed E-state index contributed by atoms with van der Waals surface area (Å²) in [5.41, 5.74) is 12.1. The van der Waals surface area contributed by atoms with E-state index in [0.717, 1.165) is 36.3 Å². The third-order valence-electron chi connectivity index (χ3n) is 8.16. The summed E-state index contributed by atoms with van der Waals surface area (Å²) < 4.78 is 0. The van der Waals surface area contributed by atoms with Gasteiger partial charge in [0.05, 0.1) is 17.1 Å². The Morgan fingerprint density at radius 2 is 1.16 bits per heavy atom. The van der Waals surface area contributed by atoms with Gasteiger partial charge in [-0.25, -0.2) is 0 Å². The van der Waals surface area contributed by atoms with Gasteiger partial charge in [-0.2, -0.15) is 0 Å². The SMILES string of the molecule is CCCCCCCCc1c(-c2ccccc2)cc(N=C(C)C=Nc2cc(CC)cc(CCCC)c2)cc1-c1ccccc1. The van der Waals surface area contributed by atoms with Crippen LogP contribution in [0.2, 0.25) is 0 Å². The molecule has 0 fully saturated rings. The molecule has 4 aromatic rings. The summed E-state index contributed by atoms with van der Waals surface area (Å²) >= 11 is 0. The van der Waals surface area contributed by atoms with E-state index in [4.69, 9.17) is 9.98 Å². The number of unbranched alkanes of at least 4 members (excludes halogenated alkanes) is 6. The average molecular weight is 571 g/mol. The Hall–Kier alpha value is -3.78. The molecule has 0 radical (unpaired) electrons. The molecule has 0 spiro atoms. The highest BCUT2D eigenvalue weighted by Crippen LogP contribution is 2.38. The van der Waals surface area contributed by atoms with E-state index in [9.17, 15) is 0 Å². The van der Waals surface area contributed by atoms with Gasteiger partial charge in [-0.1, -0.05) is 126 Å². The maximum atomic E-state index is 5.10. The molecule has 2 heteroatoms. The summed E-state index contributed by atoms with van der Waals surface area (Å²) in [6, 6.07) is 33.0. The van der Waals surface area contributed by atoms with Crippen LogP contribution in [-0.2, 0) is 19.3 Å². The van der Waals surface area contributed by atoms with Crippen LogP contribution in [0.5, 0.6) is 0 Å². The minimum absolute atomic E-state index is 0.902. The summed E-state index contributed by atoms with van der Waals surface area (Å²) in [4.78, 5) is 9.97. The Bertz CT molecular complexity index is 1400. The van der Waals surface area contributed by atoms with Crippen LogP contribution in [0.1, 0.15) is 95.8 Å². The fourth-order valence-electron chi connectivity index (χ4n) is 5.77. The van der Waals surface area contributed by atoms with Crippen molar-refractivity contribution in [3.63, 3.8) is 0 Å². The van der Waals surface area contributed by atoms with E-state index in [2.05, 4.69) is 119 Å². The Morgan fingerprint density at radius 1 is 0.581 bits per heavy atom. The van der Waals surface area contributed by atoms with Crippen LogP contribution in [0.25, 0.3) is 22.3 Å². The second kappa shape index (κ2) is 17.4. The Labute approximate surface area is 261 Å². The Morgan fingerprint density at radius 3 is 1.77 bits per heavy atom. The zero-order valence-electron chi connectivity index (χ0n) is 26.9. The van der Waals surface area contributed by atoms with Crippen LogP contribution in [0, 0.1) is 0 Å². The molecule has 0 atom stereocenters. The zero-order chi connectivity index (χ0) is 30.3. The molecular weight excluding hydrogens is 520 g/mol. The predicted molar refractivity (Wildman–Crippen MR) is 190 cm³/mol. The number of aryl methyl sites for hydroxylation is 2. The van der Waals surface area contributed by atoms with Gasteiger partial charge in [0.25, 0.3) is 0 Å². The van der Waals surface area contributed by atoms with Crippen LogP contribution < -0.4 is 0 Å². The van der Waals surface area contributed by atoms with Crippen molar-refractivity contribution >= 4 is 23.3 Å². The summed E-state index contributed by atoms with van der Waals surface area (Å²) in [7, 11) is 0. The van der Waals surface area contributed by atoms with E-state index < -0.39 is 0 Å². The van der Waals surface area contributed by atoms with E-state index in [-0.39, 0.29) is 0 Å². The van der Waals surface area contributed by atoms with Gasteiger partial charge in [-0.3, -0.25) is 9.98 Å². The quantitative estimate of drug-likeness (QED) is 0.0945. The lowest BCUT2D eigenvalue weighted by molar-refractivity contribution is 0.608. The molecule has 0 N–H and O–H groups in total. The molecule has 224 valence electrons. The lowest BCUT2D eigenvalue weighted by Gasteiger charge is -2.17. The van der Waals surface area contributed by atoms with Crippen molar-refractivity contribution < 1.29 is 0 Å². The molecule has 0 heterocycles. The molecule has 0 saturated carbocycles. The topological polar surface area (TPSA) is 24.7 Å². The maximum absolute atomic E-state index is 5.10. The molecule has 0 unspecified atom stereocenters. The van der Waals surface area contributed by atoms with Crippen molar-refractivity contribution in [2.45, 2.75) is 98.3 Å². The number of rotatable bonds is 16. The molecule has 2 nitrogen and oxygen atoms in total. The fourth-order valence-corrected chi connectivity index (χ4v) is 5.77. The Kier molecular flexibility index (Phi) is 13.0. The molecule has 4 rings (SSSR count). The van der Waals surface area contributed by atoms with Gasteiger partial charge in [0.2, 0.25) is 0 Å². The van der Waals surface area contributed by atoms with E-state index >= 15 is 0 Å². The van der Waals surface area contributed by atoms with Gasteiger partial charge in [0.1, 0.15) is 0 Å². The molecule has 43 heavy (non-hydrogen) atoms. The van der Waals surface area contributed by atoms with Crippen LogP contribution >= 0.6 is 0 Å². The molecule has 0 amide bonds. The van der Waals surface area contributed by atoms with Gasteiger partial charge in [-0.15, -0.1) is 0 Å². The Balaban J connectivity index is 1.70. The van der Waals surface area contributed by atoms with Gasteiger partial charge in [-0.05, 0) is 102 Å². The molecule has 0 saturated heterocycles. The van der Waals surface area contributed by atoms with Crippen molar-refractivity contribution in [2.75, 3.05) is 0 Å². The second-order valence-electron chi connectivity index (χ2n) is 11.7. The van der Waals surface area contributed by atoms with Gasteiger partial charge in [0.15, 0.2) is 0 Å². The highest BCUT2D eigenvalue weighted by Gasteiger charge is 2.14. The first-order chi connectivity index (χ1) is 21.1. The van der Waals surface area contributed by atoms with Crippen LogP contribution in [0.3, 0.4) is 0 Å². The molecular formula is C41H50N2. The first-order valence-corrected chi connectivity index (χ1v) is 16.6. The minimum Gasteiger partial charge on any atom is -0.255 e. The molecule has 0 aromatic heterocycles. The maximum Gasteiger partial charge on any atom is 0.0646 e. The number of aliphatic imine (C=N–C) groups is 2. The summed E-state index contributed by atoms with van der Waals surface area (Å²) in [5, 5.41) is 0. The van der Waals surface area contributed by atoms with Crippen molar-refractivity contribution in [1.29, 1.82) is 0 Å². The highest BCUT2D eigenvalue weighted by atomic mass is 14.8. The zero-order valence-corrected chi connectivity index (χ0v) is 26.9. The first kappa shape index (κ1) is 32.1. The third-order valence-corrected chi connectivity index (χ3v) is 8.16. The third kappa shape index (κ3) is 9.89. The highest BCUT2D eigenvalue weighted by molar-refractivity contribution is 6.30. The first-order valence-electron chi connectivity index (χ1n) is 16.6. The monoisotopic (exact) mass is 570 g/mol. The van der Waals surface area contributed by atoms with E-state index in [0.29, 0.717) is 0 Å². The largest absolute Gasteiger partial charge is 0.255 e. The average Bonchev–Trinajstić information content (AvgIpc) is 3.05. The van der Waals surface area contributed by atoms with Crippen LogP contribution in [0.15, 0.2) is 101 Å². The number of hydrogen-bond donors (Lipinski definition) is 0. The van der Waals surface area contributed by atoms with Crippen molar-refractivity contribution in [3.8, 4) is 22.3 Å². The van der Waals surface area contributed by atoms with E-state index in [1.54, 1.807) is 0 Å². The molecule has 0 aliphatic heterocycles.